The largest absolute Gasteiger partial charge is 0.480 e. The lowest BCUT2D eigenvalue weighted by atomic mass is 10.1. The minimum absolute atomic E-state index is 0.0892. The van der Waals surface area contributed by atoms with Crippen molar-refractivity contribution >= 4 is 11.9 Å². The smallest absolute Gasteiger partial charge is 0.320 e. The zero-order valence-electron chi connectivity index (χ0n) is 14.3. The fraction of sp³-hybridized carbons (Fsp3) is 0.765. The van der Waals surface area contributed by atoms with Crippen molar-refractivity contribution in [3.63, 3.8) is 0 Å². The van der Waals surface area contributed by atoms with Gasteiger partial charge in [0.2, 0.25) is 5.91 Å². The third kappa shape index (κ3) is 11.3. The number of hydrogen-bond acceptors (Lipinski definition) is 3. The van der Waals surface area contributed by atoms with Gasteiger partial charge in [-0.15, -0.1) is 0 Å². The third-order valence-corrected chi connectivity index (χ3v) is 3.53. The Morgan fingerprint density at radius 2 is 1.82 bits per heavy atom. The maximum atomic E-state index is 11.6. The SMILES string of the molecule is CCC/C=C/CCCC(=O)NCCCC[C@@H](C(=O)O)N(C)C. The van der Waals surface area contributed by atoms with Crippen molar-refractivity contribution in [2.24, 2.45) is 0 Å². The highest BCUT2D eigenvalue weighted by molar-refractivity contribution is 5.75. The molecule has 0 bridgehead atoms. The Morgan fingerprint density at radius 1 is 1.14 bits per heavy atom. The molecule has 22 heavy (non-hydrogen) atoms. The van der Waals surface area contributed by atoms with E-state index >= 15 is 0 Å². The van der Waals surface area contributed by atoms with E-state index in [4.69, 9.17) is 5.11 Å². The Labute approximate surface area is 134 Å². The lowest BCUT2D eigenvalue weighted by molar-refractivity contribution is -0.142. The number of carbonyl (C=O) groups is 2. The normalized spacial score (nSPS) is 12.7. The molecule has 0 unspecified atom stereocenters. The van der Waals surface area contributed by atoms with E-state index in [2.05, 4.69) is 24.4 Å². The number of amides is 1. The predicted octanol–water partition coefficient (Wildman–Crippen LogP) is 2.81. The molecule has 0 aliphatic heterocycles. The van der Waals surface area contributed by atoms with Gasteiger partial charge in [0.05, 0.1) is 0 Å². The van der Waals surface area contributed by atoms with Crippen molar-refractivity contribution in [1.29, 1.82) is 0 Å². The maximum absolute atomic E-state index is 11.6. The van der Waals surface area contributed by atoms with Crippen LogP contribution in [0.4, 0.5) is 0 Å². The summed E-state index contributed by atoms with van der Waals surface area (Å²) in [6.07, 6.45) is 11.2. The summed E-state index contributed by atoms with van der Waals surface area (Å²) in [6, 6.07) is -0.439. The van der Waals surface area contributed by atoms with Crippen molar-refractivity contribution in [3.05, 3.63) is 12.2 Å². The van der Waals surface area contributed by atoms with Gasteiger partial charge in [-0.3, -0.25) is 14.5 Å². The first-order valence-electron chi connectivity index (χ1n) is 8.30. The van der Waals surface area contributed by atoms with Crippen LogP contribution in [0.25, 0.3) is 0 Å². The molecule has 2 N–H and O–H groups in total. The topological polar surface area (TPSA) is 69.6 Å². The van der Waals surface area contributed by atoms with Crippen LogP contribution < -0.4 is 5.32 Å². The fourth-order valence-electron chi connectivity index (χ4n) is 2.16. The van der Waals surface area contributed by atoms with Gasteiger partial charge in [0, 0.05) is 13.0 Å². The van der Waals surface area contributed by atoms with Crippen LogP contribution in [0.1, 0.15) is 58.3 Å². The number of unbranched alkanes of at least 4 members (excludes halogenated alkanes) is 3. The highest BCUT2D eigenvalue weighted by Gasteiger charge is 2.18. The molecule has 0 saturated carbocycles. The molecule has 0 aliphatic rings. The van der Waals surface area contributed by atoms with Gasteiger partial charge in [-0.1, -0.05) is 25.5 Å². The van der Waals surface area contributed by atoms with E-state index in [-0.39, 0.29) is 5.91 Å². The number of likely N-dealkylation sites (N-methyl/N-ethyl adjacent to an activating group) is 1. The van der Waals surface area contributed by atoms with E-state index in [0.717, 1.165) is 38.5 Å². The van der Waals surface area contributed by atoms with Gasteiger partial charge in [-0.25, -0.2) is 0 Å². The summed E-state index contributed by atoms with van der Waals surface area (Å²) in [5.74, 6) is -0.698. The molecule has 0 aromatic rings. The van der Waals surface area contributed by atoms with Crippen molar-refractivity contribution in [1.82, 2.24) is 10.2 Å². The second-order valence-corrected chi connectivity index (χ2v) is 5.82. The molecule has 0 heterocycles. The van der Waals surface area contributed by atoms with Crippen molar-refractivity contribution in [2.45, 2.75) is 64.3 Å². The lowest BCUT2D eigenvalue weighted by Crippen LogP contribution is -2.35. The Balaban J connectivity index is 3.58. The number of carbonyl (C=O) groups excluding carboxylic acids is 1. The number of nitrogens with one attached hydrogen (secondary N) is 1. The van der Waals surface area contributed by atoms with Crippen LogP contribution in [0.3, 0.4) is 0 Å². The summed E-state index contributed by atoms with van der Waals surface area (Å²) in [4.78, 5) is 24.3. The Morgan fingerprint density at radius 3 is 2.41 bits per heavy atom. The van der Waals surface area contributed by atoms with E-state index in [1.165, 1.54) is 0 Å². The highest BCUT2D eigenvalue weighted by Crippen LogP contribution is 2.06. The molecule has 1 atom stereocenters. The second-order valence-electron chi connectivity index (χ2n) is 5.82. The third-order valence-electron chi connectivity index (χ3n) is 3.53. The van der Waals surface area contributed by atoms with Crippen LogP contribution in [-0.4, -0.2) is 48.6 Å². The summed E-state index contributed by atoms with van der Waals surface area (Å²) >= 11 is 0. The second kappa shape index (κ2) is 13.3. The monoisotopic (exact) mass is 312 g/mol. The van der Waals surface area contributed by atoms with Gasteiger partial charge in [0.15, 0.2) is 0 Å². The van der Waals surface area contributed by atoms with Crippen LogP contribution in [-0.2, 0) is 9.59 Å². The Bertz CT molecular complexity index is 341. The molecule has 5 heteroatoms. The Hall–Kier alpha value is -1.36. The first-order chi connectivity index (χ1) is 10.5. The molecule has 0 aromatic carbocycles. The molecule has 0 fully saturated rings. The molecular formula is C17H32N2O3. The fourth-order valence-corrected chi connectivity index (χ4v) is 2.16. The van der Waals surface area contributed by atoms with Gasteiger partial charge in [0.1, 0.15) is 6.04 Å². The van der Waals surface area contributed by atoms with Gasteiger partial charge in [-0.2, -0.15) is 0 Å². The maximum Gasteiger partial charge on any atom is 0.320 e. The first-order valence-corrected chi connectivity index (χ1v) is 8.30. The molecule has 0 spiro atoms. The van der Waals surface area contributed by atoms with Crippen LogP contribution in [0.5, 0.6) is 0 Å². The number of hydrogen-bond donors (Lipinski definition) is 2. The van der Waals surface area contributed by atoms with Crippen molar-refractivity contribution in [3.8, 4) is 0 Å². The van der Waals surface area contributed by atoms with Gasteiger partial charge in [-0.05, 0) is 52.6 Å². The minimum Gasteiger partial charge on any atom is -0.480 e. The highest BCUT2D eigenvalue weighted by atomic mass is 16.4. The molecule has 1 amide bonds. The first kappa shape index (κ1) is 20.6. The number of allylic oxidation sites excluding steroid dienone is 2. The van der Waals surface area contributed by atoms with Crippen LogP contribution in [0.15, 0.2) is 12.2 Å². The number of carboxylic acids is 1. The van der Waals surface area contributed by atoms with E-state index in [9.17, 15) is 9.59 Å². The lowest BCUT2D eigenvalue weighted by Gasteiger charge is -2.19. The van der Waals surface area contributed by atoms with E-state index < -0.39 is 12.0 Å². The molecular weight excluding hydrogens is 280 g/mol. The average molecular weight is 312 g/mol. The standard InChI is InChI=1S/C17H32N2O3/c1-4-5-6-7-8-9-13-16(20)18-14-11-10-12-15(17(21)22)19(2)3/h6-7,15H,4-5,8-14H2,1-3H3,(H,18,20)(H,21,22)/b7-6+/t15-/m0/s1. The summed E-state index contributed by atoms with van der Waals surface area (Å²) < 4.78 is 0. The van der Waals surface area contributed by atoms with E-state index in [1.807, 2.05) is 0 Å². The molecule has 0 radical (unpaired) electrons. The number of nitrogens with zero attached hydrogens (tertiary/aromatic N) is 1. The van der Waals surface area contributed by atoms with Crippen LogP contribution in [0.2, 0.25) is 0 Å². The number of aliphatic carboxylic acids is 1. The van der Waals surface area contributed by atoms with Crippen molar-refractivity contribution in [2.75, 3.05) is 20.6 Å². The zero-order chi connectivity index (χ0) is 16.8. The average Bonchev–Trinajstić information content (AvgIpc) is 2.45. The van der Waals surface area contributed by atoms with Crippen LogP contribution >= 0.6 is 0 Å². The summed E-state index contributed by atoms with van der Waals surface area (Å²) in [7, 11) is 3.55. The quantitative estimate of drug-likeness (QED) is 0.405. The van der Waals surface area contributed by atoms with E-state index in [0.29, 0.717) is 19.4 Å². The van der Waals surface area contributed by atoms with Gasteiger partial charge >= 0.3 is 5.97 Å². The minimum atomic E-state index is -0.787. The van der Waals surface area contributed by atoms with Gasteiger partial charge < -0.3 is 10.4 Å². The summed E-state index contributed by atoms with van der Waals surface area (Å²) in [5, 5.41) is 11.9. The molecule has 0 aromatic heterocycles. The molecule has 128 valence electrons. The summed E-state index contributed by atoms with van der Waals surface area (Å²) in [5.41, 5.74) is 0. The number of rotatable bonds is 13. The van der Waals surface area contributed by atoms with Crippen LogP contribution in [0, 0.1) is 0 Å². The number of carboxylic acid groups (broad SMARTS) is 1. The molecule has 0 rings (SSSR count). The summed E-state index contributed by atoms with van der Waals surface area (Å²) in [6.45, 7) is 2.78. The van der Waals surface area contributed by atoms with Gasteiger partial charge in [0.25, 0.3) is 0 Å². The zero-order valence-corrected chi connectivity index (χ0v) is 14.3. The molecule has 0 aliphatic carbocycles. The molecule has 0 saturated heterocycles. The Kier molecular flexibility index (Phi) is 12.5. The predicted molar refractivity (Wildman–Crippen MR) is 89.9 cm³/mol. The van der Waals surface area contributed by atoms with E-state index in [1.54, 1.807) is 19.0 Å². The van der Waals surface area contributed by atoms with Crippen molar-refractivity contribution < 1.29 is 14.7 Å². The molecule has 5 nitrogen and oxygen atoms in total.